The summed E-state index contributed by atoms with van der Waals surface area (Å²) in [6, 6.07) is 13.2. The summed E-state index contributed by atoms with van der Waals surface area (Å²) < 4.78 is 0.824. The van der Waals surface area contributed by atoms with Crippen LogP contribution in [0.25, 0.3) is 0 Å². The highest BCUT2D eigenvalue weighted by atomic mass is 79.9. The average Bonchev–Trinajstić information content (AvgIpc) is 2.35. The zero-order valence-electron chi connectivity index (χ0n) is 9.91. The normalized spacial score (nSPS) is 10.4. The van der Waals surface area contributed by atoms with Crippen LogP contribution in [0, 0.1) is 6.92 Å². The van der Waals surface area contributed by atoms with Gasteiger partial charge in [0.15, 0.2) is 5.78 Å². The van der Waals surface area contributed by atoms with Crippen LogP contribution in [0.5, 0.6) is 0 Å². The lowest BCUT2D eigenvalue weighted by Crippen LogP contribution is -2.05. The molecule has 0 bridgehead atoms. The summed E-state index contributed by atoms with van der Waals surface area (Å²) in [5, 5.41) is 0.634. The number of carbonyl (C=O) groups excluding carboxylic acids is 1. The Morgan fingerprint density at radius 3 is 2.67 bits per heavy atom. The van der Waals surface area contributed by atoms with Crippen molar-refractivity contribution in [3.8, 4) is 0 Å². The van der Waals surface area contributed by atoms with Crippen LogP contribution in [0.15, 0.2) is 46.9 Å². The largest absolute Gasteiger partial charge is 0.294 e. The Morgan fingerprint density at radius 2 is 1.94 bits per heavy atom. The van der Waals surface area contributed by atoms with Crippen LogP contribution in [0.1, 0.15) is 21.5 Å². The zero-order valence-corrected chi connectivity index (χ0v) is 12.3. The fourth-order valence-corrected chi connectivity index (χ4v) is 2.43. The molecule has 0 aliphatic heterocycles. The summed E-state index contributed by atoms with van der Waals surface area (Å²) in [7, 11) is 0. The van der Waals surface area contributed by atoms with Gasteiger partial charge in [-0.25, -0.2) is 0 Å². The van der Waals surface area contributed by atoms with Crippen LogP contribution >= 0.6 is 27.5 Å². The highest BCUT2D eigenvalue weighted by Gasteiger charge is 2.12. The molecule has 2 rings (SSSR count). The number of hydrogen-bond donors (Lipinski definition) is 0. The number of aryl methyl sites for hydroxylation is 1. The van der Waals surface area contributed by atoms with E-state index in [0.29, 0.717) is 17.0 Å². The lowest BCUT2D eigenvalue weighted by molar-refractivity contribution is 0.0992. The van der Waals surface area contributed by atoms with Gasteiger partial charge in [0, 0.05) is 21.5 Å². The van der Waals surface area contributed by atoms with Gasteiger partial charge in [-0.1, -0.05) is 57.4 Å². The number of Topliss-reactive ketones (excluding diaryl/α,β-unsaturated/α-hetero) is 1. The second-order valence-corrected chi connectivity index (χ2v) is 5.44. The molecule has 0 saturated heterocycles. The maximum Gasteiger partial charge on any atom is 0.168 e. The molecule has 0 spiro atoms. The Labute approximate surface area is 120 Å². The molecule has 2 aromatic carbocycles. The maximum atomic E-state index is 12.3. The predicted octanol–water partition coefficient (Wildman–Crippen LogP) is 4.84. The molecule has 18 heavy (non-hydrogen) atoms. The monoisotopic (exact) mass is 322 g/mol. The Morgan fingerprint density at radius 1 is 1.22 bits per heavy atom. The van der Waals surface area contributed by atoms with E-state index in [9.17, 15) is 4.79 Å². The summed E-state index contributed by atoms with van der Waals surface area (Å²) in [4.78, 5) is 12.3. The third-order valence-corrected chi connectivity index (χ3v) is 3.79. The second kappa shape index (κ2) is 5.68. The van der Waals surface area contributed by atoms with Crippen molar-refractivity contribution in [1.82, 2.24) is 0 Å². The van der Waals surface area contributed by atoms with Crippen molar-refractivity contribution in [2.24, 2.45) is 0 Å². The van der Waals surface area contributed by atoms with Crippen molar-refractivity contribution in [3.05, 3.63) is 68.7 Å². The predicted molar refractivity (Wildman–Crippen MR) is 78.4 cm³/mol. The minimum Gasteiger partial charge on any atom is -0.294 e. The van der Waals surface area contributed by atoms with Crippen molar-refractivity contribution >= 4 is 33.3 Å². The number of halogens is 2. The molecule has 0 aromatic heterocycles. The van der Waals surface area contributed by atoms with Crippen molar-refractivity contribution in [2.45, 2.75) is 13.3 Å². The lowest BCUT2D eigenvalue weighted by atomic mass is 10.0. The van der Waals surface area contributed by atoms with Crippen LogP contribution < -0.4 is 0 Å². The third-order valence-electron chi connectivity index (χ3n) is 2.73. The first-order valence-electron chi connectivity index (χ1n) is 5.60. The Kier molecular flexibility index (Phi) is 4.20. The molecule has 0 heterocycles. The van der Waals surface area contributed by atoms with Crippen LogP contribution in [-0.4, -0.2) is 5.78 Å². The minimum absolute atomic E-state index is 0.0682. The molecule has 0 fully saturated rings. The topological polar surface area (TPSA) is 17.1 Å². The van der Waals surface area contributed by atoms with E-state index in [4.69, 9.17) is 11.6 Å². The first kappa shape index (κ1) is 13.3. The molecule has 1 nitrogen and oxygen atoms in total. The van der Waals surface area contributed by atoms with Crippen molar-refractivity contribution in [1.29, 1.82) is 0 Å². The second-order valence-electron chi connectivity index (χ2n) is 4.17. The van der Waals surface area contributed by atoms with E-state index in [-0.39, 0.29) is 5.78 Å². The highest BCUT2D eigenvalue weighted by Crippen LogP contribution is 2.22. The van der Waals surface area contributed by atoms with Gasteiger partial charge in [0.2, 0.25) is 0 Å². The van der Waals surface area contributed by atoms with Gasteiger partial charge in [0.05, 0.1) is 0 Å². The van der Waals surface area contributed by atoms with Gasteiger partial charge < -0.3 is 0 Å². The number of rotatable bonds is 3. The van der Waals surface area contributed by atoms with E-state index in [1.165, 1.54) is 0 Å². The van der Waals surface area contributed by atoms with E-state index < -0.39 is 0 Å². The van der Waals surface area contributed by atoms with Crippen LogP contribution in [0.4, 0.5) is 0 Å². The molecule has 0 unspecified atom stereocenters. The summed E-state index contributed by atoms with van der Waals surface area (Å²) in [6.45, 7) is 1.97. The van der Waals surface area contributed by atoms with E-state index in [1.807, 2.05) is 43.3 Å². The van der Waals surface area contributed by atoms with Gasteiger partial charge in [-0.15, -0.1) is 0 Å². The summed E-state index contributed by atoms with van der Waals surface area (Å²) in [5.74, 6) is 0.0682. The van der Waals surface area contributed by atoms with E-state index in [1.54, 1.807) is 6.07 Å². The van der Waals surface area contributed by atoms with Gasteiger partial charge in [-0.05, 0) is 30.7 Å². The SMILES string of the molecule is Cc1ccc(Br)c(C(=O)Cc2ccccc2Cl)c1. The van der Waals surface area contributed by atoms with Crippen LogP contribution in [-0.2, 0) is 6.42 Å². The average molecular weight is 324 g/mol. The highest BCUT2D eigenvalue weighted by molar-refractivity contribution is 9.10. The van der Waals surface area contributed by atoms with Gasteiger partial charge in [-0.3, -0.25) is 4.79 Å². The van der Waals surface area contributed by atoms with Gasteiger partial charge in [0.25, 0.3) is 0 Å². The standard InChI is InChI=1S/C15H12BrClO/c1-10-6-7-13(16)12(8-10)15(18)9-11-4-2-3-5-14(11)17/h2-8H,9H2,1H3. The molecule has 0 aliphatic rings. The summed E-state index contributed by atoms with van der Waals surface area (Å²) in [5.41, 5.74) is 2.63. The summed E-state index contributed by atoms with van der Waals surface area (Å²) in [6.07, 6.45) is 0.321. The molecule has 92 valence electrons. The molecule has 0 atom stereocenters. The first-order valence-corrected chi connectivity index (χ1v) is 6.78. The smallest absolute Gasteiger partial charge is 0.168 e. The van der Waals surface area contributed by atoms with E-state index in [2.05, 4.69) is 15.9 Å². The van der Waals surface area contributed by atoms with Crippen LogP contribution in [0.2, 0.25) is 5.02 Å². The van der Waals surface area contributed by atoms with Gasteiger partial charge in [-0.2, -0.15) is 0 Å². The zero-order chi connectivity index (χ0) is 13.1. The molecular formula is C15H12BrClO. The Balaban J connectivity index is 2.28. The lowest BCUT2D eigenvalue weighted by Gasteiger charge is -2.06. The molecule has 3 heteroatoms. The first-order chi connectivity index (χ1) is 8.58. The Hall–Kier alpha value is -1.12. The molecule has 0 N–H and O–H groups in total. The number of hydrogen-bond acceptors (Lipinski definition) is 1. The van der Waals surface area contributed by atoms with E-state index >= 15 is 0 Å². The van der Waals surface area contributed by atoms with Crippen molar-refractivity contribution < 1.29 is 4.79 Å². The fraction of sp³-hybridized carbons (Fsp3) is 0.133. The Bertz CT molecular complexity index is 593. The molecule has 0 saturated carbocycles. The quantitative estimate of drug-likeness (QED) is 0.739. The third kappa shape index (κ3) is 3.01. The number of ketones is 1. The molecule has 0 aliphatic carbocycles. The number of carbonyl (C=O) groups is 1. The summed E-state index contributed by atoms with van der Waals surface area (Å²) >= 11 is 9.47. The van der Waals surface area contributed by atoms with Crippen molar-refractivity contribution in [2.75, 3.05) is 0 Å². The number of benzene rings is 2. The maximum absolute atomic E-state index is 12.3. The fourth-order valence-electron chi connectivity index (χ4n) is 1.76. The molecule has 0 radical (unpaired) electrons. The van der Waals surface area contributed by atoms with Crippen LogP contribution in [0.3, 0.4) is 0 Å². The van der Waals surface area contributed by atoms with E-state index in [0.717, 1.165) is 15.6 Å². The van der Waals surface area contributed by atoms with Gasteiger partial charge >= 0.3 is 0 Å². The molecule has 2 aromatic rings. The molecular weight excluding hydrogens is 312 g/mol. The minimum atomic E-state index is 0.0682. The van der Waals surface area contributed by atoms with Crippen molar-refractivity contribution in [3.63, 3.8) is 0 Å². The molecule has 0 amide bonds. The van der Waals surface area contributed by atoms with Gasteiger partial charge in [0.1, 0.15) is 0 Å².